The number of aliphatic hydroxyl groups excluding tert-OH is 3. The molecule has 2 aromatic carbocycles. The zero-order chi connectivity index (χ0) is 27.5. The van der Waals surface area contributed by atoms with E-state index in [2.05, 4.69) is 31.0 Å². The maximum absolute atomic E-state index is 12.4. The van der Waals surface area contributed by atoms with E-state index in [1.54, 1.807) is 17.8 Å². The maximum atomic E-state index is 12.4. The predicted octanol–water partition coefficient (Wildman–Crippen LogP) is 3.05. The van der Waals surface area contributed by atoms with E-state index in [0.717, 1.165) is 56.6 Å². The monoisotopic (exact) mass is 586 g/mol. The number of hydrogen-bond donors (Lipinski definition) is 5. The fourth-order valence-electron chi connectivity index (χ4n) is 3.77. The molecule has 0 aliphatic carbocycles. The Morgan fingerprint density at radius 2 is 1.33 bits per heavy atom. The van der Waals surface area contributed by atoms with Crippen molar-refractivity contribution in [3.63, 3.8) is 0 Å². The highest BCUT2D eigenvalue weighted by atomic mass is 32.2. The van der Waals surface area contributed by atoms with Gasteiger partial charge in [0.05, 0.1) is 19.6 Å². The molecule has 0 saturated carbocycles. The Kier molecular flexibility index (Phi) is 11.2. The van der Waals surface area contributed by atoms with Crippen LogP contribution in [0.25, 0.3) is 0 Å². The predicted molar refractivity (Wildman–Crippen MR) is 155 cm³/mol. The van der Waals surface area contributed by atoms with E-state index < -0.39 is 6.23 Å². The third kappa shape index (κ3) is 9.05. The fraction of sp³-hybridized carbons (Fsp3) is 0.346. The van der Waals surface area contributed by atoms with Crippen LogP contribution in [0.4, 0.5) is 10.3 Å². The van der Waals surface area contributed by atoms with Crippen molar-refractivity contribution in [1.29, 1.82) is 0 Å². The molecule has 39 heavy (non-hydrogen) atoms. The largest absolute Gasteiger partial charge is 0.392 e. The highest BCUT2D eigenvalue weighted by Crippen LogP contribution is 2.21. The zero-order valence-electron chi connectivity index (χ0n) is 21.1. The fourth-order valence-corrected chi connectivity index (χ4v) is 6.45. The molecule has 13 heteroatoms. The highest BCUT2D eigenvalue weighted by Gasteiger charge is 2.13. The number of nitrogens with one attached hydrogen (secondary N) is 2. The molecular weight excluding hydrogens is 557 g/mol. The average Bonchev–Trinajstić information content (AvgIpc) is 3.58. The second-order valence-electron chi connectivity index (χ2n) is 8.56. The number of aryl methyl sites for hydroxylation is 2. The smallest absolute Gasteiger partial charge is 0.230 e. The Balaban J connectivity index is 1.13. The lowest BCUT2D eigenvalue weighted by molar-refractivity contribution is -0.115. The Hall–Kier alpha value is -2.94. The maximum Gasteiger partial charge on any atom is 0.230 e. The SMILES string of the molecule is O=C(Cc1ccccc1CO)Nc1nnc(CCSCCc2nnc(NC(O)Cc3ccccc3CO)s2)s1. The molecule has 0 aliphatic heterocycles. The van der Waals surface area contributed by atoms with Crippen LogP contribution in [0.2, 0.25) is 0 Å². The van der Waals surface area contributed by atoms with Crippen LogP contribution in [0.15, 0.2) is 48.5 Å². The van der Waals surface area contributed by atoms with Gasteiger partial charge in [0.2, 0.25) is 16.2 Å². The van der Waals surface area contributed by atoms with Gasteiger partial charge in [-0.1, -0.05) is 71.2 Å². The van der Waals surface area contributed by atoms with Crippen LogP contribution in [-0.2, 0) is 43.7 Å². The summed E-state index contributed by atoms with van der Waals surface area (Å²) in [6.07, 6.45) is 1.21. The number of thioether (sulfide) groups is 1. The normalized spacial score (nSPS) is 11.9. The Morgan fingerprint density at radius 1 is 0.795 bits per heavy atom. The van der Waals surface area contributed by atoms with Crippen molar-refractivity contribution < 1.29 is 20.1 Å². The minimum atomic E-state index is -0.828. The second-order valence-corrected chi connectivity index (χ2v) is 11.9. The van der Waals surface area contributed by atoms with Crippen LogP contribution >= 0.6 is 34.4 Å². The standard InChI is InChI=1S/C26H30N6O4S3/c33-15-19-7-3-1-5-17(19)13-21(35)27-25-31-29-23(38-25)9-11-37-12-10-24-30-32-26(39-24)28-22(36)14-18-6-2-4-8-20(18)16-34/h1-8,21,33-35H,9-16H2,(H,27,31)(H,28,32,36). The summed E-state index contributed by atoms with van der Waals surface area (Å²) in [6.45, 7) is -0.173. The van der Waals surface area contributed by atoms with Crippen LogP contribution in [0.3, 0.4) is 0 Å². The van der Waals surface area contributed by atoms with Crippen LogP contribution in [-0.4, -0.2) is 59.4 Å². The molecule has 206 valence electrons. The summed E-state index contributed by atoms with van der Waals surface area (Å²) in [6, 6.07) is 14.8. The third-order valence-electron chi connectivity index (χ3n) is 5.73. The third-order valence-corrected chi connectivity index (χ3v) is 8.53. The number of benzene rings is 2. The molecule has 2 aromatic heterocycles. The van der Waals surface area contributed by atoms with E-state index in [4.69, 9.17) is 0 Å². The van der Waals surface area contributed by atoms with E-state index in [-0.39, 0.29) is 25.5 Å². The van der Waals surface area contributed by atoms with Crippen molar-refractivity contribution in [2.24, 2.45) is 0 Å². The van der Waals surface area contributed by atoms with Gasteiger partial charge in [0.15, 0.2) is 0 Å². The molecule has 0 saturated heterocycles. The van der Waals surface area contributed by atoms with Gasteiger partial charge in [-0.3, -0.25) is 4.79 Å². The Morgan fingerprint density at radius 3 is 1.97 bits per heavy atom. The topological polar surface area (TPSA) is 153 Å². The number of hydrogen-bond acceptors (Lipinski definition) is 12. The first-order valence-electron chi connectivity index (χ1n) is 12.4. The minimum absolute atomic E-state index is 0.0676. The lowest BCUT2D eigenvalue weighted by Crippen LogP contribution is -2.22. The molecule has 5 N–H and O–H groups in total. The number of rotatable bonds is 15. The van der Waals surface area contributed by atoms with Crippen LogP contribution in [0, 0.1) is 0 Å². The summed E-state index contributed by atoms with van der Waals surface area (Å²) >= 11 is 4.56. The molecule has 1 atom stereocenters. The summed E-state index contributed by atoms with van der Waals surface area (Å²) in [7, 11) is 0. The van der Waals surface area contributed by atoms with Crippen LogP contribution in [0.5, 0.6) is 0 Å². The van der Waals surface area contributed by atoms with E-state index >= 15 is 0 Å². The van der Waals surface area contributed by atoms with E-state index in [1.807, 2.05) is 42.5 Å². The first-order chi connectivity index (χ1) is 19.0. The average molecular weight is 587 g/mol. The summed E-state index contributed by atoms with van der Waals surface area (Å²) in [4.78, 5) is 12.4. The molecule has 0 spiro atoms. The highest BCUT2D eigenvalue weighted by molar-refractivity contribution is 7.99. The summed E-state index contributed by atoms with van der Waals surface area (Å²) < 4.78 is 0. The first kappa shape index (κ1) is 29.1. The zero-order valence-corrected chi connectivity index (χ0v) is 23.6. The van der Waals surface area contributed by atoms with Crippen molar-refractivity contribution in [3.8, 4) is 0 Å². The number of amides is 1. The number of carbonyl (C=O) groups is 1. The number of aliphatic hydroxyl groups is 3. The summed E-state index contributed by atoms with van der Waals surface area (Å²) in [5, 5.41) is 54.4. The van der Waals surface area contributed by atoms with Gasteiger partial charge in [-0.05, 0) is 33.8 Å². The summed E-state index contributed by atoms with van der Waals surface area (Å²) in [5.41, 5.74) is 3.21. The van der Waals surface area contributed by atoms with Crippen molar-refractivity contribution in [2.75, 3.05) is 22.1 Å². The minimum Gasteiger partial charge on any atom is -0.392 e. The van der Waals surface area contributed by atoms with Crippen LogP contribution < -0.4 is 10.6 Å². The molecule has 4 rings (SSSR count). The van der Waals surface area contributed by atoms with Gasteiger partial charge in [-0.2, -0.15) is 11.8 Å². The molecule has 0 aliphatic rings. The van der Waals surface area contributed by atoms with Crippen LogP contribution in [0.1, 0.15) is 32.3 Å². The summed E-state index contributed by atoms with van der Waals surface area (Å²) in [5.74, 6) is 1.54. The van der Waals surface area contributed by atoms with Gasteiger partial charge in [0, 0.05) is 19.3 Å². The lowest BCUT2D eigenvalue weighted by Gasteiger charge is -2.13. The van der Waals surface area contributed by atoms with Crippen molar-refractivity contribution in [2.45, 2.75) is 45.1 Å². The number of nitrogens with zero attached hydrogens (tertiary/aromatic N) is 4. The molecule has 0 fully saturated rings. The molecule has 2 heterocycles. The van der Waals surface area contributed by atoms with Gasteiger partial charge < -0.3 is 26.0 Å². The lowest BCUT2D eigenvalue weighted by atomic mass is 10.0. The van der Waals surface area contributed by atoms with Crippen molar-refractivity contribution >= 4 is 50.6 Å². The Labute approximate surface area is 238 Å². The van der Waals surface area contributed by atoms with E-state index in [1.165, 1.54) is 22.7 Å². The quantitative estimate of drug-likeness (QED) is 0.104. The van der Waals surface area contributed by atoms with Crippen molar-refractivity contribution in [1.82, 2.24) is 20.4 Å². The van der Waals surface area contributed by atoms with E-state index in [9.17, 15) is 20.1 Å². The van der Waals surface area contributed by atoms with Gasteiger partial charge in [0.25, 0.3) is 0 Å². The van der Waals surface area contributed by atoms with Gasteiger partial charge >= 0.3 is 0 Å². The van der Waals surface area contributed by atoms with Gasteiger partial charge in [-0.25, -0.2) is 0 Å². The van der Waals surface area contributed by atoms with E-state index in [0.29, 0.717) is 16.7 Å². The second kappa shape index (κ2) is 15.0. The molecule has 1 amide bonds. The first-order valence-corrected chi connectivity index (χ1v) is 15.1. The molecule has 0 bridgehead atoms. The number of aromatic nitrogens is 4. The molecule has 4 aromatic rings. The molecular formula is C26H30N6O4S3. The Bertz CT molecular complexity index is 1350. The molecule has 10 nitrogen and oxygen atoms in total. The van der Waals surface area contributed by atoms with Gasteiger partial charge in [0.1, 0.15) is 16.2 Å². The molecule has 0 radical (unpaired) electrons. The number of anilines is 2. The number of carbonyl (C=O) groups excluding carboxylic acids is 1. The molecule has 1 unspecified atom stereocenters. The van der Waals surface area contributed by atoms with Gasteiger partial charge in [-0.15, -0.1) is 20.4 Å². The van der Waals surface area contributed by atoms with Crippen molar-refractivity contribution in [3.05, 3.63) is 80.8 Å².